The van der Waals surface area contributed by atoms with Crippen LogP contribution in [0.15, 0.2) is 42.6 Å². The van der Waals surface area contributed by atoms with Crippen molar-refractivity contribution in [3.63, 3.8) is 0 Å². The summed E-state index contributed by atoms with van der Waals surface area (Å²) < 4.78 is 10.8. The fourth-order valence-electron chi connectivity index (χ4n) is 1.51. The van der Waals surface area contributed by atoms with Gasteiger partial charge in [-0.25, -0.2) is 0 Å². The Morgan fingerprint density at radius 3 is 2.67 bits per heavy atom. The molecule has 4 nitrogen and oxygen atoms in total. The third-order valence-corrected chi connectivity index (χ3v) is 2.55. The van der Waals surface area contributed by atoms with Gasteiger partial charge >= 0.3 is 0 Å². The van der Waals surface area contributed by atoms with Crippen LogP contribution in [-0.2, 0) is 13.2 Å². The maximum absolute atomic E-state index is 5.63. The fourth-order valence-corrected chi connectivity index (χ4v) is 1.51. The van der Waals surface area contributed by atoms with Crippen LogP contribution in [0.25, 0.3) is 0 Å². The minimum absolute atomic E-state index is 0.429. The lowest BCUT2D eigenvalue weighted by Gasteiger charge is -2.07. The monoisotopic (exact) mass is 244 g/mol. The van der Waals surface area contributed by atoms with E-state index in [1.54, 1.807) is 13.3 Å². The van der Waals surface area contributed by atoms with Crippen molar-refractivity contribution in [1.82, 2.24) is 4.98 Å². The van der Waals surface area contributed by atoms with Gasteiger partial charge in [0.1, 0.15) is 18.1 Å². The lowest BCUT2D eigenvalue weighted by atomic mass is 10.2. The van der Waals surface area contributed by atoms with Crippen LogP contribution in [0.1, 0.15) is 11.3 Å². The van der Waals surface area contributed by atoms with Gasteiger partial charge in [0, 0.05) is 18.8 Å². The maximum Gasteiger partial charge on any atom is 0.130 e. The normalized spacial score (nSPS) is 10.1. The van der Waals surface area contributed by atoms with Crippen LogP contribution in [0.5, 0.6) is 11.5 Å². The number of methoxy groups -OCH3 is 1. The van der Waals surface area contributed by atoms with Crippen molar-refractivity contribution in [2.24, 2.45) is 5.73 Å². The topological polar surface area (TPSA) is 57.4 Å². The van der Waals surface area contributed by atoms with Crippen molar-refractivity contribution in [3.8, 4) is 11.5 Å². The van der Waals surface area contributed by atoms with Crippen LogP contribution in [-0.4, -0.2) is 12.1 Å². The van der Waals surface area contributed by atoms with Gasteiger partial charge in [-0.15, -0.1) is 0 Å². The molecule has 2 N–H and O–H groups in total. The highest BCUT2D eigenvalue weighted by atomic mass is 16.5. The summed E-state index contributed by atoms with van der Waals surface area (Å²) in [5.74, 6) is 1.54. The van der Waals surface area contributed by atoms with E-state index in [9.17, 15) is 0 Å². The van der Waals surface area contributed by atoms with Gasteiger partial charge in [-0.05, 0) is 23.8 Å². The number of pyridine rings is 1. The van der Waals surface area contributed by atoms with E-state index >= 15 is 0 Å². The molecule has 0 fully saturated rings. The van der Waals surface area contributed by atoms with Gasteiger partial charge in [-0.3, -0.25) is 4.98 Å². The van der Waals surface area contributed by atoms with Gasteiger partial charge in [0.05, 0.1) is 12.8 Å². The second-order valence-corrected chi connectivity index (χ2v) is 3.83. The molecule has 94 valence electrons. The fraction of sp³-hybridized carbons (Fsp3) is 0.214. The predicted octanol–water partition coefficient (Wildman–Crippen LogP) is 2.13. The molecule has 0 saturated carbocycles. The molecule has 2 rings (SSSR count). The first kappa shape index (κ1) is 12.4. The molecular formula is C14H16N2O2. The number of hydrogen-bond acceptors (Lipinski definition) is 4. The summed E-state index contributed by atoms with van der Waals surface area (Å²) in [5.41, 5.74) is 7.40. The van der Waals surface area contributed by atoms with Crippen molar-refractivity contribution < 1.29 is 9.47 Å². The van der Waals surface area contributed by atoms with Crippen molar-refractivity contribution >= 4 is 0 Å². The summed E-state index contributed by atoms with van der Waals surface area (Å²) in [6.45, 7) is 0.933. The zero-order chi connectivity index (χ0) is 12.8. The van der Waals surface area contributed by atoms with Crippen molar-refractivity contribution in [3.05, 3.63) is 53.9 Å². The Kier molecular flexibility index (Phi) is 4.15. The standard InChI is InChI=1S/C14H16N2O2/c1-17-13-3-2-4-14(7-13)18-10-12-6-5-11(8-15)9-16-12/h2-7,9H,8,10,15H2,1H3. The molecule has 0 saturated heterocycles. The van der Waals surface area contributed by atoms with Crippen LogP contribution in [0.4, 0.5) is 0 Å². The quantitative estimate of drug-likeness (QED) is 0.875. The third kappa shape index (κ3) is 3.21. The molecule has 0 aliphatic rings. The Bertz CT molecular complexity index is 497. The molecule has 1 heterocycles. The van der Waals surface area contributed by atoms with Crippen molar-refractivity contribution in [2.45, 2.75) is 13.2 Å². The minimum Gasteiger partial charge on any atom is -0.497 e. The number of nitrogens with zero attached hydrogens (tertiary/aromatic N) is 1. The zero-order valence-corrected chi connectivity index (χ0v) is 10.3. The predicted molar refractivity (Wildman–Crippen MR) is 69.5 cm³/mol. The van der Waals surface area contributed by atoms with E-state index in [2.05, 4.69) is 4.98 Å². The molecule has 18 heavy (non-hydrogen) atoms. The molecule has 1 aromatic heterocycles. The van der Waals surface area contributed by atoms with E-state index in [4.69, 9.17) is 15.2 Å². The molecule has 0 spiro atoms. The first-order valence-electron chi connectivity index (χ1n) is 5.72. The molecule has 0 amide bonds. The molecule has 1 aromatic carbocycles. The average molecular weight is 244 g/mol. The van der Waals surface area contributed by atoms with E-state index < -0.39 is 0 Å². The van der Waals surface area contributed by atoms with Crippen LogP contribution >= 0.6 is 0 Å². The minimum atomic E-state index is 0.429. The summed E-state index contributed by atoms with van der Waals surface area (Å²) in [5, 5.41) is 0. The second kappa shape index (κ2) is 6.02. The SMILES string of the molecule is COc1cccc(OCc2ccc(CN)cn2)c1. The smallest absolute Gasteiger partial charge is 0.130 e. The molecule has 4 heteroatoms. The molecule has 0 bridgehead atoms. The highest BCUT2D eigenvalue weighted by Crippen LogP contribution is 2.19. The summed E-state index contributed by atoms with van der Waals surface area (Å²) >= 11 is 0. The van der Waals surface area contributed by atoms with E-state index in [1.165, 1.54) is 0 Å². The van der Waals surface area contributed by atoms with Crippen LogP contribution in [0.2, 0.25) is 0 Å². The lowest BCUT2D eigenvalue weighted by Crippen LogP contribution is -2.01. The van der Waals surface area contributed by atoms with Gasteiger partial charge in [0.25, 0.3) is 0 Å². The average Bonchev–Trinajstić information content (AvgIpc) is 2.46. The Morgan fingerprint density at radius 1 is 1.17 bits per heavy atom. The zero-order valence-electron chi connectivity index (χ0n) is 10.3. The third-order valence-electron chi connectivity index (χ3n) is 2.55. The first-order valence-corrected chi connectivity index (χ1v) is 5.72. The Hall–Kier alpha value is -2.07. The van der Waals surface area contributed by atoms with Crippen LogP contribution < -0.4 is 15.2 Å². The Morgan fingerprint density at radius 2 is 2.00 bits per heavy atom. The molecular weight excluding hydrogens is 228 g/mol. The van der Waals surface area contributed by atoms with Gasteiger partial charge in [-0.2, -0.15) is 0 Å². The van der Waals surface area contributed by atoms with Crippen LogP contribution in [0, 0.1) is 0 Å². The molecule has 0 radical (unpaired) electrons. The van der Waals surface area contributed by atoms with Crippen molar-refractivity contribution in [2.75, 3.05) is 7.11 Å². The number of ether oxygens (including phenoxy) is 2. The summed E-state index contributed by atoms with van der Waals surface area (Å²) in [6.07, 6.45) is 1.77. The van der Waals surface area contributed by atoms with Crippen molar-refractivity contribution in [1.29, 1.82) is 0 Å². The molecule has 0 unspecified atom stereocenters. The van der Waals surface area contributed by atoms with E-state index in [0.29, 0.717) is 13.2 Å². The number of benzene rings is 1. The van der Waals surface area contributed by atoms with Gasteiger partial charge < -0.3 is 15.2 Å². The second-order valence-electron chi connectivity index (χ2n) is 3.83. The highest BCUT2D eigenvalue weighted by molar-refractivity contribution is 5.32. The highest BCUT2D eigenvalue weighted by Gasteiger charge is 1.99. The van der Waals surface area contributed by atoms with Gasteiger partial charge in [0.2, 0.25) is 0 Å². The van der Waals surface area contributed by atoms with Crippen LogP contribution in [0.3, 0.4) is 0 Å². The summed E-state index contributed by atoms with van der Waals surface area (Å²) in [7, 11) is 1.63. The number of rotatable bonds is 5. The maximum atomic E-state index is 5.63. The molecule has 0 aliphatic carbocycles. The summed E-state index contributed by atoms with van der Waals surface area (Å²) in [4.78, 5) is 4.27. The van der Waals surface area contributed by atoms with E-state index in [0.717, 1.165) is 22.8 Å². The molecule has 0 aliphatic heterocycles. The number of aromatic nitrogens is 1. The largest absolute Gasteiger partial charge is 0.497 e. The van der Waals surface area contributed by atoms with E-state index in [1.807, 2.05) is 36.4 Å². The molecule has 0 atom stereocenters. The first-order chi connectivity index (χ1) is 8.81. The van der Waals surface area contributed by atoms with Gasteiger partial charge in [0.15, 0.2) is 0 Å². The summed E-state index contributed by atoms with van der Waals surface area (Å²) in [6, 6.07) is 11.4. The van der Waals surface area contributed by atoms with E-state index in [-0.39, 0.29) is 0 Å². The number of hydrogen-bond donors (Lipinski definition) is 1. The molecule has 2 aromatic rings. The number of nitrogens with two attached hydrogens (primary N) is 1. The lowest BCUT2D eigenvalue weighted by molar-refractivity contribution is 0.299. The Labute approximate surface area is 106 Å². The van der Waals surface area contributed by atoms with Gasteiger partial charge in [-0.1, -0.05) is 12.1 Å². The Balaban J connectivity index is 1.97.